The van der Waals surface area contributed by atoms with Gasteiger partial charge in [-0.25, -0.2) is 4.98 Å². The molecule has 0 saturated carbocycles. The zero-order valence-electron chi connectivity index (χ0n) is 10.7. The molecule has 19 heavy (non-hydrogen) atoms. The maximum absolute atomic E-state index is 11.9. The van der Waals surface area contributed by atoms with E-state index >= 15 is 0 Å². The molecule has 1 saturated heterocycles. The second-order valence-corrected chi connectivity index (χ2v) is 4.20. The van der Waals surface area contributed by atoms with Crippen molar-refractivity contribution in [2.45, 2.75) is 13.3 Å². The van der Waals surface area contributed by atoms with Gasteiger partial charge < -0.3 is 9.64 Å². The van der Waals surface area contributed by atoms with Crippen LogP contribution in [0.1, 0.15) is 23.7 Å². The summed E-state index contributed by atoms with van der Waals surface area (Å²) in [4.78, 5) is 28.2. The number of pyridine rings is 1. The Hall–Kier alpha value is -2.02. The summed E-state index contributed by atoms with van der Waals surface area (Å²) in [6.45, 7) is 4.13. The van der Waals surface area contributed by atoms with Gasteiger partial charge in [0, 0.05) is 25.6 Å². The molecular weight excluding hydrogens is 250 g/mol. The van der Waals surface area contributed by atoms with Crippen LogP contribution in [0.25, 0.3) is 0 Å². The van der Waals surface area contributed by atoms with Crippen molar-refractivity contribution in [3.63, 3.8) is 0 Å². The average Bonchev–Trinajstić information content (AvgIpc) is 2.46. The summed E-state index contributed by atoms with van der Waals surface area (Å²) >= 11 is 0. The smallest absolute Gasteiger partial charge is 0.288 e. The van der Waals surface area contributed by atoms with Crippen molar-refractivity contribution in [2.24, 2.45) is 0 Å². The summed E-state index contributed by atoms with van der Waals surface area (Å²) in [5.74, 6) is 0.374. The highest BCUT2D eigenvalue weighted by Gasteiger charge is 2.22. The largest absolute Gasteiger partial charge is 0.378 e. The lowest BCUT2D eigenvalue weighted by atomic mass is 10.1. The maximum atomic E-state index is 11.9. The van der Waals surface area contributed by atoms with Crippen molar-refractivity contribution in [3.05, 3.63) is 27.9 Å². The number of carbonyl (C=O) groups excluding carboxylic acids is 1. The van der Waals surface area contributed by atoms with Crippen LogP contribution in [-0.4, -0.2) is 42.0 Å². The molecule has 1 fully saturated rings. The van der Waals surface area contributed by atoms with Gasteiger partial charge in [0.2, 0.25) is 0 Å². The van der Waals surface area contributed by atoms with Gasteiger partial charge in [-0.15, -0.1) is 0 Å². The van der Waals surface area contributed by atoms with Crippen LogP contribution in [0.3, 0.4) is 0 Å². The van der Waals surface area contributed by atoms with E-state index in [4.69, 9.17) is 4.74 Å². The van der Waals surface area contributed by atoms with Crippen LogP contribution in [0.4, 0.5) is 11.5 Å². The number of ether oxygens (including phenoxy) is 1. The molecule has 1 aromatic heterocycles. The number of aromatic nitrogens is 1. The highest BCUT2D eigenvalue weighted by molar-refractivity contribution is 6.00. The molecule has 0 amide bonds. The normalized spacial score (nSPS) is 15.3. The van der Waals surface area contributed by atoms with Crippen molar-refractivity contribution >= 4 is 17.3 Å². The van der Waals surface area contributed by atoms with Gasteiger partial charge >= 0.3 is 0 Å². The Morgan fingerprint density at radius 1 is 1.53 bits per heavy atom. The van der Waals surface area contributed by atoms with Crippen LogP contribution in [0, 0.1) is 10.1 Å². The molecule has 2 rings (SSSR count). The van der Waals surface area contributed by atoms with E-state index in [1.807, 2.05) is 4.90 Å². The first kappa shape index (κ1) is 13.4. The predicted molar refractivity (Wildman–Crippen MR) is 68.5 cm³/mol. The molecule has 0 bridgehead atoms. The van der Waals surface area contributed by atoms with Crippen molar-refractivity contribution in [1.29, 1.82) is 0 Å². The van der Waals surface area contributed by atoms with Gasteiger partial charge in [0.15, 0.2) is 5.78 Å². The van der Waals surface area contributed by atoms with Crippen LogP contribution in [0.5, 0.6) is 0 Å². The van der Waals surface area contributed by atoms with E-state index < -0.39 is 4.92 Å². The summed E-state index contributed by atoms with van der Waals surface area (Å²) in [6, 6.07) is 1.31. The topological polar surface area (TPSA) is 85.6 Å². The van der Waals surface area contributed by atoms with Crippen molar-refractivity contribution in [3.8, 4) is 0 Å². The van der Waals surface area contributed by atoms with E-state index in [2.05, 4.69) is 4.98 Å². The lowest BCUT2D eigenvalue weighted by Crippen LogP contribution is -2.37. The van der Waals surface area contributed by atoms with E-state index in [0.29, 0.717) is 44.1 Å². The second kappa shape index (κ2) is 5.75. The first-order valence-corrected chi connectivity index (χ1v) is 6.13. The number of ketones is 1. The highest BCUT2D eigenvalue weighted by Crippen LogP contribution is 2.24. The minimum absolute atomic E-state index is 0.141. The summed E-state index contributed by atoms with van der Waals surface area (Å²) in [5, 5.41) is 10.8. The Kier molecular flexibility index (Phi) is 4.06. The van der Waals surface area contributed by atoms with E-state index in [1.54, 1.807) is 6.92 Å². The minimum atomic E-state index is -0.539. The highest BCUT2D eigenvalue weighted by atomic mass is 16.6. The number of hydrogen-bond donors (Lipinski definition) is 0. The van der Waals surface area contributed by atoms with E-state index in [1.165, 1.54) is 12.3 Å². The molecule has 1 aliphatic rings. The summed E-state index contributed by atoms with van der Waals surface area (Å²) in [5.41, 5.74) is 0.160. The SMILES string of the molecule is CCC(=O)c1cc([N+](=O)[O-])cnc1N1CCOCC1. The van der Waals surface area contributed by atoms with Gasteiger partial charge in [-0.2, -0.15) is 0 Å². The molecule has 1 aromatic rings. The number of morpholine rings is 1. The van der Waals surface area contributed by atoms with Crippen LogP contribution >= 0.6 is 0 Å². The molecule has 0 atom stereocenters. The fourth-order valence-corrected chi connectivity index (χ4v) is 1.97. The van der Waals surface area contributed by atoms with Gasteiger partial charge in [0.1, 0.15) is 12.0 Å². The second-order valence-electron chi connectivity index (χ2n) is 4.20. The molecule has 102 valence electrons. The fraction of sp³-hybridized carbons (Fsp3) is 0.500. The van der Waals surface area contributed by atoms with Crippen molar-refractivity contribution in [1.82, 2.24) is 4.98 Å². The summed E-state index contributed by atoms with van der Waals surface area (Å²) < 4.78 is 5.25. The predicted octanol–water partition coefficient (Wildman–Crippen LogP) is 1.42. The minimum Gasteiger partial charge on any atom is -0.378 e. The lowest BCUT2D eigenvalue weighted by Gasteiger charge is -2.28. The van der Waals surface area contributed by atoms with Crippen LogP contribution in [-0.2, 0) is 4.74 Å². The molecule has 0 aliphatic carbocycles. The molecule has 0 radical (unpaired) electrons. The van der Waals surface area contributed by atoms with Crippen molar-refractivity contribution < 1.29 is 14.5 Å². The third-order valence-electron chi connectivity index (χ3n) is 3.00. The number of hydrogen-bond acceptors (Lipinski definition) is 6. The molecule has 7 nitrogen and oxygen atoms in total. The zero-order valence-corrected chi connectivity index (χ0v) is 10.7. The summed E-state index contributed by atoms with van der Waals surface area (Å²) in [7, 11) is 0. The zero-order chi connectivity index (χ0) is 13.8. The molecule has 0 unspecified atom stereocenters. The Morgan fingerprint density at radius 2 is 2.21 bits per heavy atom. The van der Waals surface area contributed by atoms with Gasteiger partial charge in [0.25, 0.3) is 5.69 Å². The van der Waals surface area contributed by atoms with Gasteiger partial charge in [0.05, 0.1) is 23.7 Å². The molecular formula is C12H15N3O4. The van der Waals surface area contributed by atoms with Gasteiger partial charge in [-0.1, -0.05) is 6.92 Å². The lowest BCUT2D eigenvalue weighted by molar-refractivity contribution is -0.385. The molecule has 0 spiro atoms. The standard InChI is InChI=1S/C12H15N3O4/c1-2-11(16)10-7-9(15(17)18)8-13-12(10)14-3-5-19-6-4-14/h7-8H,2-6H2,1H3. The van der Waals surface area contributed by atoms with E-state index in [9.17, 15) is 14.9 Å². The molecule has 2 heterocycles. The van der Waals surface area contributed by atoms with Gasteiger partial charge in [-0.05, 0) is 0 Å². The first-order valence-electron chi connectivity index (χ1n) is 6.13. The Bertz CT molecular complexity index is 498. The molecule has 1 aliphatic heterocycles. The first-order chi connectivity index (χ1) is 9.13. The third-order valence-corrected chi connectivity index (χ3v) is 3.00. The van der Waals surface area contributed by atoms with Crippen LogP contribution in [0.15, 0.2) is 12.3 Å². The maximum Gasteiger partial charge on any atom is 0.288 e. The quantitative estimate of drug-likeness (QED) is 0.465. The Balaban J connectivity index is 2.40. The monoisotopic (exact) mass is 265 g/mol. The molecule has 7 heteroatoms. The van der Waals surface area contributed by atoms with Gasteiger partial charge in [-0.3, -0.25) is 14.9 Å². The number of Topliss-reactive ketones (excluding diaryl/α,β-unsaturated/α-hetero) is 1. The average molecular weight is 265 g/mol. The number of anilines is 1. The fourth-order valence-electron chi connectivity index (χ4n) is 1.97. The molecule has 0 N–H and O–H groups in total. The van der Waals surface area contributed by atoms with E-state index in [0.717, 1.165) is 0 Å². The molecule has 0 aromatic carbocycles. The number of carbonyl (C=O) groups is 1. The number of nitro groups is 1. The van der Waals surface area contributed by atoms with Crippen LogP contribution < -0.4 is 4.90 Å². The Morgan fingerprint density at radius 3 is 2.79 bits per heavy atom. The van der Waals surface area contributed by atoms with Crippen molar-refractivity contribution in [2.75, 3.05) is 31.2 Å². The summed E-state index contributed by atoms with van der Waals surface area (Å²) in [6.07, 6.45) is 1.48. The number of nitrogens with zero attached hydrogens (tertiary/aromatic N) is 3. The van der Waals surface area contributed by atoms with E-state index in [-0.39, 0.29) is 11.5 Å². The van der Waals surface area contributed by atoms with Crippen LogP contribution in [0.2, 0.25) is 0 Å². The Labute approximate surface area is 110 Å². The number of rotatable bonds is 4. The third kappa shape index (κ3) is 2.87.